The number of carbonyl (C=O) groups is 1. The molecule has 7 nitrogen and oxygen atoms in total. The number of hydrogen-bond acceptors (Lipinski definition) is 6. The van der Waals surface area contributed by atoms with Crippen molar-refractivity contribution in [3.05, 3.63) is 70.1 Å². The fourth-order valence-electron chi connectivity index (χ4n) is 2.79. The Balaban J connectivity index is 1.60. The first-order valence-electron chi connectivity index (χ1n) is 9.11. The van der Waals surface area contributed by atoms with Crippen LogP contribution >= 0.6 is 0 Å². The Hall–Kier alpha value is -3.61. The number of hydrazone groups is 1. The summed E-state index contributed by atoms with van der Waals surface area (Å²) in [5, 5.41) is 4.94. The molecule has 3 aromatic rings. The van der Waals surface area contributed by atoms with E-state index in [0.717, 1.165) is 22.2 Å². The SMILES string of the molecule is C/C(=N/NC(=O)COc1ccc2c(C)cc(=O)oc2c1)c1ccc(N(C)C)cc1. The first-order valence-corrected chi connectivity index (χ1v) is 9.11. The molecule has 0 fully saturated rings. The number of benzene rings is 2. The molecule has 0 radical (unpaired) electrons. The summed E-state index contributed by atoms with van der Waals surface area (Å²) in [6.07, 6.45) is 0. The molecule has 0 saturated heterocycles. The van der Waals surface area contributed by atoms with Gasteiger partial charge in [0.15, 0.2) is 6.61 Å². The van der Waals surface area contributed by atoms with Gasteiger partial charge in [0.05, 0.1) is 5.71 Å². The van der Waals surface area contributed by atoms with Gasteiger partial charge >= 0.3 is 5.63 Å². The van der Waals surface area contributed by atoms with Gasteiger partial charge in [0.2, 0.25) is 0 Å². The van der Waals surface area contributed by atoms with Crippen LogP contribution in [-0.4, -0.2) is 32.3 Å². The van der Waals surface area contributed by atoms with Crippen LogP contribution in [0.15, 0.2) is 62.8 Å². The van der Waals surface area contributed by atoms with E-state index >= 15 is 0 Å². The molecule has 1 N–H and O–H groups in total. The van der Waals surface area contributed by atoms with Gasteiger partial charge in [-0.2, -0.15) is 5.10 Å². The van der Waals surface area contributed by atoms with Crippen molar-refractivity contribution < 1.29 is 13.9 Å². The lowest BCUT2D eigenvalue weighted by molar-refractivity contribution is -0.123. The Labute approximate surface area is 168 Å². The standard InChI is InChI=1S/C22H23N3O4/c1-14-11-22(27)29-20-12-18(9-10-19(14)20)28-13-21(26)24-23-15(2)16-5-7-17(8-6-16)25(3)4/h5-12H,13H2,1-4H3,(H,24,26)/b23-15-. The fourth-order valence-corrected chi connectivity index (χ4v) is 2.79. The second kappa shape index (κ2) is 8.60. The highest BCUT2D eigenvalue weighted by atomic mass is 16.5. The van der Waals surface area contributed by atoms with Crippen LogP contribution in [0.5, 0.6) is 5.75 Å². The maximum atomic E-state index is 12.0. The van der Waals surface area contributed by atoms with Gasteiger partial charge in [-0.1, -0.05) is 12.1 Å². The van der Waals surface area contributed by atoms with Crippen LogP contribution in [0.1, 0.15) is 18.1 Å². The topological polar surface area (TPSA) is 84.1 Å². The Kier molecular flexibility index (Phi) is 5.97. The van der Waals surface area contributed by atoms with Gasteiger partial charge in [0.25, 0.3) is 5.91 Å². The van der Waals surface area contributed by atoms with Crippen molar-refractivity contribution in [3.63, 3.8) is 0 Å². The lowest BCUT2D eigenvalue weighted by atomic mass is 10.1. The largest absolute Gasteiger partial charge is 0.484 e. The van der Waals surface area contributed by atoms with Crippen LogP contribution in [0.2, 0.25) is 0 Å². The highest BCUT2D eigenvalue weighted by Gasteiger charge is 2.07. The van der Waals surface area contributed by atoms with Gasteiger partial charge in [-0.15, -0.1) is 0 Å². The first-order chi connectivity index (χ1) is 13.8. The molecular weight excluding hydrogens is 370 g/mol. The number of fused-ring (bicyclic) bond motifs is 1. The molecule has 150 valence electrons. The number of rotatable bonds is 6. The molecule has 0 spiro atoms. The van der Waals surface area contributed by atoms with Crippen LogP contribution in [0.25, 0.3) is 11.0 Å². The number of hydrogen-bond donors (Lipinski definition) is 1. The zero-order valence-corrected chi connectivity index (χ0v) is 16.9. The van der Waals surface area contributed by atoms with E-state index in [1.807, 2.05) is 57.1 Å². The summed E-state index contributed by atoms with van der Waals surface area (Å²) in [6, 6.07) is 14.4. The van der Waals surface area contributed by atoms with Crippen molar-refractivity contribution in [2.75, 3.05) is 25.6 Å². The maximum Gasteiger partial charge on any atom is 0.336 e. The Morgan fingerprint density at radius 3 is 2.55 bits per heavy atom. The van der Waals surface area contributed by atoms with Crippen LogP contribution in [0.3, 0.4) is 0 Å². The van der Waals surface area contributed by atoms with E-state index in [2.05, 4.69) is 10.5 Å². The number of anilines is 1. The van der Waals surface area contributed by atoms with E-state index < -0.39 is 5.63 Å². The molecule has 3 rings (SSSR count). The molecule has 7 heteroatoms. The highest BCUT2D eigenvalue weighted by Crippen LogP contribution is 2.22. The van der Waals surface area contributed by atoms with Crippen LogP contribution < -0.4 is 20.7 Å². The zero-order valence-electron chi connectivity index (χ0n) is 16.9. The van der Waals surface area contributed by atoms with Gasteiger partial charge in [0.1, 0.15) is 11.3 Å². The molecule has 0 aliphatic heterocycles. The second-order valence-electron chi connectivity index (χ2n) is 6.87. The van der Waals surface area contributed by atoms with Crippen molar-refractivity contribution in [2.45, 2.75) is 13.8 Å². The Bertz CT molecular complexity index is 1120. The smallest absolute Gasteiger partial charge is 0.336 e. The van der Waals surface area contributed by atoms with Crippen molar-refractivity contribution in [3.8, 4) is 5.75 Å². The van der Waals surface area contributed by atoms with Gasteiger partial charge < -0.3 is 14.1 Å². The summed E-state index contributed by atoms with van der Waals surface area (Å²) in [5.74, 6) is 0.0430. The summed E-state index contributed by atoms with van der Waals surface area (Å²) < 4.78 is 10.7. The van der Waals surface area contributed by atoms with Crippen molar-refractivity contribution in [2.24, 2.45) is 5.10 Å². The number of aryl methyl sites for hydroxylation is 1. The molecule has 1 aromatic heterocycles. The molecule has 1 amide bonds. The summed E-state index contributed by atoms with van der Waals surface area (Å²) in [6.45, 7) is 3.44. The molecule has 0 bridgehead atoms. The fraction of sp³-hybridized carbons (Fsp3) is 0.227. The normalized spacial score (nSPS) is 11.4. The molecule has 0 aliphatic carbocycles. The number of amides is 1. The minimum Gasteiger partial charge on any atom is -0.484 e. The van der Waals surface area contributed by atoms with Gasteiger partial charge in [-0.25, -0.2) is 10.2 Å². The molecule has 0 atom stereocenters. The number of nitrogens with one attached hydrogen (secondary N) is 1. The third kappa shape index (κ3) is 5.01. The van der Waals surface area contributed by atoms with E-state index in [9.17, 15) is 9.59 Å². The van der Waals surface area contributed by atoms with E-state index in [0.29, 0.717) is 17.0 Å². The van der Waals surface area contributed by atoms with Gasteiger partial charge in [-0.05, 0) is 49.2 Å². The second-order valence-corrected chi connectivity index (χ2v) is 6.87. The third-order valence-electron chi connectivity index (χ3n) is 4.44. The molecule has 29 heavy (non-hydrogen) atoms. The monoisotopic (exact) mass is 393 g/mol. The molecule has 1 heterocycles. The zero-order chi connectivity index (χ0) is 21.0. The molecule has 2 aromatic carbocycles. The van der Waals surface area contributed by atoms with E-state index in [-0.39, 0.29) is 12.5 Å². The summed E-state index contributed by atoms with van der Waals surface area (Å²) >= 11 is 0. The number of carbonyl (C=O) groups excluding carboxylic acids is 1. The average molecular weight is 393 g/mol. The van der Waals surface area contributed by atoms with Crippen LogP contribution in [0, 0.1) is 6.92 Å². The lowest BCUT2D eigenvalue weighted by Gasteiger charge is -2.12. The first kappa shape index (κ1) is 20.1. The minimum absolute atomic E-state index is 0.210. The predicted molar refractivity (Wildman–Crippen MR) is 114 cm³/mol. The Morgan fingerprint density at radius 2 is 1.86 bits per heavy atom. The summed E-state index contributed by atoms with van der Waals surface area (Å²) in [7, 11) is 3.95. The van der Waals surface area contributed by atoms with Crippen molar-refractivity contribution in [1.82, 2.24) is 5.43 Å². The predicted octanol–water partition coefficient (Wildman–Crippen LogP) is 3.09. The molecule has 0 saturated carbocycles. The number of nitrogens with zero attached hydrogens (tertiary/aromatic N) is 2. The average Bonchev–Trinajstić information content (AvgIpc) is 2.70. The third-order valence-corrected chi connectivity index (χ3v) is 4.44. The molecule has 0 aliphatic rings. The van der Waals surface area contributed by atoms with Crippen molar-refractivity contribution in [1.29, 1.82) is 0 Å². The minimum atomic E-state index is -0.423. The molecule has 0 unspecified atom stereocenters. The van der Waals surface area contributed by atoms with Gasteiger partial charge in [-0.3, -0.25) is 4.79 Å². The number of ether oxygens (including phenoxy) is 1. The van der Waals surface area contributed by atoms with E-state index in [4.69, 9.17) is 9.15 Å². The van der Waals surface area contributed by atoms with Crippen LogP contribution in [-0.2, 0) is 4.79 Å². The highest BCUT2D eigenvalue weighted by molar-refractivity contribution is 5.99. The summed E-state index contributed by atoms with van der Waals surface area (Å²) in [4.78, 5) is 25.6. The van der Waals surface area contributed by atoms with Crippen molar-refractivity contribution >= 4 is 28.3 Å². The lowest BCUT2D eigenvalue weighted by Crippen LogP contribution is -2.25. The molecular formula is C22H23N3O4. The Morgan fingerprint density at radius 1 is 1.14 bits per heavy atom. The van der Waals surface area contributed by atoms with E-state index in [1.165, 1.54) is 6.07 Å². The van der Waals surface area contributed by atoms with E-state index in [1.54, 1.807) is 18.2 Å². The maximum absolute atomic E-state index is 12.0. The quantitative estimate of drug-likeness (QED) is 0.395. The van der Waals surface area contributed by atoms with Gasteiger partial charge in [0, 0.05) is 37.3 Å². The van der Waals surface area contributed by atoms with Crippen LogP contribution in [0.4, 0.5) is 5.69 Å². The summed E-state index contributed by atoms with van der Waals surface area (Å²) in [5.41, 5.74) is 5.99.